The molecular weight excluding hydrogens is 224 g/mol. The number of sulfonamides is 1. The average Bonchev–Trinajstić information content (AvgIpc) is 2.17. The molecule has 0 bridgehead atoms. The van der Waals surface area contributed by atoms with Crippen LogP contribution < -0.4 is 10.5 Å². The summed E-state index contributed by atoms with van der Waals surface area (Å²) in [6, 6.07) is 5.47. The van der Waals surface area contributed by atoms with Gasteiger partial charge in [-0.15, -0.1) is 0 Å². The van der Waals surface area contributed by atoms with Crippen molar-refractivity contribution >= 4 is 15.7 Å². The minimum atomic E-state index is -3.24. The van der Waals surface area contributed by atoms with E-state index in [1.807, 2.05) is 26.0 Å². The number of benzene rings is 1. The van der Waals surface area contributed by atoms with E-state index in [2.05, 4.69) is 4.72 Å². The predicted molar refractivity (Wildman–Crippen MR) is 66.8 cm³/mol. The Morgan fingerprint density at radius 1 is 1.38 bits per heavy atom. The van der Waals surface area contributed by atoms with Crippen LogP contribution in [0.1, 0.15) is 24.5 Å². The molecule has 0 aliphatic heterocycles. The molecule has 0 aromatic heterocycles. The van der Waals surface area contributed by atoms with Crippen molar-refractivity contribution in [2.24, 2.45) is 5.73 Å². The van der Waals surface area contributed by atoms with E-state index < -0.39 is 10.0 Å². The molecule has 0 spiro atoms. The van der Waals surface area contributed by atoms with Crippen LogP contribution in [0.5, 0.6) is 0 Å². The molecule has 1 aromatic carbocycles. The zero-order valence-corrected chi connectivity index (χ0v) is 10.5. The van der Waals surface area contributed by atoms with E-state index >= 15 is 0 Å². The molecule has 0 aliphatic carbocycles. The summed E-state index contributed by atoms with van der Waals surface area (Å²) in [5, 5.41) is 0. The van der Waals surface area contributed by atoms with E-state index in [9.17, 15) is 8.42 Å². The summed E-state index contributed by atoms with van der Waals surface area (Å²) >= 11 is 0. The lowest BCUT2D eigenvalue weighted by Gasteiger charge is -2.13. The maximum atomic E-state index is 11.6. The predicted octanol–water partition coefficient (Wildman–Crippen LogP) is 1.61. The molecule has 0 atom stereocenters. The smallest absolute Gasteiger partial charge is 0.232 e. The molecule has 0 saturated carbocycles. The quantitative estimate of drug-likeness (QED) is 0.824. The fourth-order valence-electron chi connectivity index (χ4n) is 1.56. The van der Waals surface area contributed by atoms with Crippen LogP contribution in [0, 0.1) is 6.92 Å². The molecule has 0 aliphatic rings. The van der Waals surface area contributed by atoms with E-state index in [1.165, 1.54) is 0 Å². The average molecular weight is 242 g/mol. The van der Waals surface area contributed by atoms with Gasteiger partial charge in [0.25, 0.3) is 0 Å². The minimum Gasteiger partial charge on any atom is -0.326 e. The molecule has 0 heterocycles. The van der Waals surface area contributed by atoms with Crippen LogP contribution in [0.4, 0.5) is 5.69 Å². The largest absolute Gasteiger partial charge is 0.326 e. The Labute approximate surface area is 96.9 Å². The van der Waals surface area contributed by atoms with Crippen molar-refractivity contribution in [2.75, 3.05) is 10.5 Å². The normalized spacial score (nSPS) is 11.4. The van der Waals surface area contributed by atoms with Gasteiger partial charge in [0.2, 0.25) is 10.0 Å². The molecule has 3 N–H and O–H groups in total. The Hall–Kier alpha value is -1.07. The van der Waals surface area contributed by atoms with Crippen LogP contribution in [-0.4, -0.2) is 14.2 Å². The zero-order valence-electron chi connectivity index (χ0n) is 9.66. The van der Waals surface area contributed by atoms with Crippen molar-refractivity contribution in [1.82, 2.24) is 0 Å². The van der Waals surface area contributed by atoms with Gasteiger partial charge in [-0.1, -0.05) is 19.1 Å². The fraction of sp³-hybridized carbons (Fsp3) is 0.455. The molecular formula is C11H18N2O2S. The van der Waals surface area contributed by atoms with Gasteiger partial charge in [-0.2, -0.15) is 0 Å². The monoisotopic (exact) mass is 242 g/mol. The van der Waals surface area contributed by atoms with E-state index in [4.69, 9.17) is 5.73 Å². The van der Waals surface area contributed by atoms with Crippen molar-refractivity contribution in [3.05, 3.63) is 29.3 Å². The Kier molecular flexibility index (Phi) is 4.32. The number of rotatable bonds is 5. The molecule has 5 heteroatoms. The maximum Gasteiger partial charge on any atom is 0.232 e. The number of aryl methyl sites for hydroxylation is 1. The number of anilines is 1. The number of hydrogen-bond acceptors (Lipinski definition) is 3. The van der Waals surface area contributed by atoms with Gasteiger partial charge in [0.05, 0.1) is 11.4 Å². The summed E-state index contributed by atoms with van der Waals surface area (Å²) in [6.45, 7) is 4.08. The van der Waals surface area contributed by atoms with E-state index in [-0.39, 0.29) is 5.75 Å². The Balaban J connectivity index is 3.02. The SMILES string of the molecule is CCCS(=O)(=O)Nc1cccc(C)c1CN. The lowest BCUT2D eigenvalue weighted by molar-refractivity contribution is 0.600. The van der Waals surface area contributed by atoms with Crippen LogP contribution in [0.3, 0.4) is 0 Å². The topological polar surface area (TPSA) is 72.2 Å². The summed E-state index contributed by atoms with van der Waals surface area (Å²) in [4.78, 5) is 0. The molecule has 4 nitrogen and oxygen atoms in total. The van der Waals surface area contributed by atoms with Crippen LogP contribution >= 0.6 is 0 Å². The van der Waals surface area contributed by atoms with Gasteiger partial charge in [-0.25, -0.2) is 8.42 Å². The second-order valence-corrected chi connectivity index (χ2v) is 5.57. The second kappa shape index (κ2) is 5.32. The first-order valence-electron chi connectivity index (χ1n) is 5.29. The first-order chi connectivity index (χ1) is 7.50. The highest BCUT2D eigenvalue weighted by atomic mass is 32.2. The van der Waals surface area contributed by atoms with Crippen LogP contribution in [0.15, 0.2) is 18.2 Å². The van der Waals surface area contributed by atoms with Gasteiger partial charge in [-0.05, 0) is 30.5 Å². The standard InChI is InChI=1S/C11H18N2O2S/c1-3-7-16(14,15)13-11-6-4-5-9(2)10(11)8-12/h4-6,13H,3,7-8,12H2,1-2H3. The first-order valence-corrected chi connectivity index (χ1v) is 6.94. The molecule has 90 valence electrons. The van der Waals surface area contributed by atoms with Gasteiger partial charge in [0.15, 0.2) is 0 Å². The van der Waals surface area contributed by atoms with Crippen LogP contribution in [-0.2, 0) is 16.6 Å². The highest BCUT2D eigenvalue weighted by molar-refractivity contribution is 7.92. The molecule has 1 rings (SSSR count). The third kappa shape index (κ3) is 3.21. The summed E-state index contributed by atoms with van der Waals surface area (Å²) in [7, 11) is -3.24. The highest BCUT2D eigenvalue weighted by Crippen LogP contribution is 2.20. The third-order valence-corrected chi connectivity index (χ3v) is 3.83. The molecule has 0 radical (unpaired) electrons. The molecule has 16 heavy (non-hydrogen) atoms. The number of hydrogen-bond donors (Lipinski definition) is 2. The molecule has 0 amide bonds. The van der Waals surface area contributed by atoms with E-state index in [0.29, 0.717) is 18.7 Å². The molecule has 1 aromatic rings. The Morgan fingerprint density at radius 2 is 2.06 bits per heavy atom. The van der Waals surface area contributed by atoms with Crippen molar-refractivity contribution in [1.29, 1.82) is 0 Å². The summed E-state index contributed by atoms with van der Waals surface area (Å²) in [6.07, 6.45) is 0.596. The molecule has 0 unspecified atom stereocenters. The summed E-state index contributed by atoms with van der Waals surface area (Å²) in [5.41, 5.74) is 8.05. The van der Waals surface area contributed by atoms with E-state index in [1.54, 1.807) is 6.07 Å². The summed E-state index contributed by atoms with van der Waals surface area (Å²) < 4.78 is 25.8. The van der Waals surface area contributed by atoms with Crippen molar-refractivity contribution in [3.63, 3.8) is 0 Å². The fourth-order valence-corrected chi connectivity index (χ4v) is 2.72. The van der Waals surface area contributed by atoms with Crippen molar-refractivity contribution in [3.8, 4) is 0 Å². The number of nitrogens with one attached hydrogen (secondary N) is 1. The first kappa shape index (κ1) is 13.0. The van der Waals surface area contributed by atoms with Gasteiger partial charge < -0.3 is 5.73 Å². The maximum absolute atomic E-state index is 11.6. The van der Waals surface area contributed by atoms with Crippen LogP contribution in [0.2, 0.25) is 0 Å². The zero-order chi connectivity index (χ0) is 12.2. The lowest BCUT2D eigenvalue weighted by atomic mass is 10.1. The second-order valence-electron chi connectivity index (χ2n) is 3.73. The van der Waals surface area contributed by atoms with Crippen molar-refractivity contribution < 1.29 is 8.42 Å². The van der Waals surface area contributed by atoms with Gasteiger partial charge in [0.1, 0.15) is 0 Å². The summed E-state index contributed by atoms with van der Waals surface area (Å²) in [5.74, 6) is 0.130. The van der Waals surface area contributed by atoms with Crippen LogP contribution in [0.25, 0.3) is 0 Å². The van der Waals surface area contributed by atoms with Gasteiger partial charge in [-0.3, -0.25) is 4.72 Å². The number of nitrogens with two attached hydrogens (primary N) is 1. The lowest BCUT2D eigenvalue weighted by Crippen LogP contribution is -2.18. The Morgan fingerprint density at radius 3 is 2.62 bits per heavy atom. The third-order valence-electron chi connectivity index (χ3n) is 2.35. The molecule has 0 fully saturated rings. The van der Waals surface area contributed by atoms with Crippen molar-refractivity contribution in [2.45, 2.75) is 26.8 Å². The molecule has 0 saturated heterocycles. The highest BCUT2D eigenvalue weighted by Gasteiger charge is 2.11. The van der Waals surface area contributed by atoms with Gasteiger partial charge >= 0.3 is 0 Å². The Bertz CT molecular complexity index is 455. The van der Waals surface area contributed by atoms with E-state index in [0.717, 1.165) is 11.1 Å². The minimum absolute atomic E-state index is 0.130. The van der Waals surface area contributed by atoms with Gasteiger partial charge in [0, 0.05) is 6.54 Å².